The second-order valence-electron chi connectivity index (χ2n) is 0.474. The smallest absolute Gasteiger partial charge is 0.411 e. The van der Waals surface area contributed by atoms with Crippen molar-refractivity contribution in [2.75, 3.05) is 0 Å². The van der Waals surface area contributed by atoms with Crippen LogP contribution in [-0.2, 0) is 0 Å². The third-order valence-electron chi connectivity index (χ3n) is 0.158. The second kappa shape index (κ2) is 2.71. The summed E-state index contributed by atoms with van der Waals surface area (Å²) in [6, 6.07) is 0. The quantitative estimate of drug-likeness (QED) is 0.280. The molecule has 0 fully saturated rings. The van der Waals surface area contributed by atoms with Gasteiger partial charge >= 0.3 is 9.68 Å². The lowest BCUT2D eigenvalue weighted by Gasteiger charge is -1.50. The molecule has 0 radical (unpaired) electrons. The normalized spacial score (nSPS) is 8.00. The summed E-state index contributed by atoms with van der Waals surface area (Å²) in [7, 11) is -0.284. The molecule has 4 heavy (non-hydrogen) atoms. The van der Waals surface area contributed by atoms with Crippen molar-refractivity contribution >= 4 is 9.68 Å². The zero-order valence-electron chi connectivity index (χ0n) is 2.65. The molecule has 0 spiro atoms. The van der Waals surface area contributed by atoms with Crippen molar-refractivity contribution in [1.29, 1.82) is 0 Å². The van der Waals surface area contributed by atoms with Crippen LogP contribution in [0.25, 0.3) is 4.51 Å². The second-order valence-corrected chi connectivity index (χ2v) is 1.42. The van der Waals surface area contributed by atoms with Gasteiger partial charge in [0.1, 0.15) is 0 Å². The Morgan fingerprint density at radius 1 is 2.00 bits per heavy atom. The summed E-state index contributed by atoms with van der Waals surface area (Å²) in [4.78, 5) is 0. The Morgan fingerprint density at radius 3 is 2.25 bits per heavy atom. The van der Waals surface area contributed by atoms with Crippen molar-refractivity contribution in [3.8, 4) is 0 Å². The first-order valence-electron chi connectivity index (χ1n) is 1.25. The maximum absolute atomic E-state index is 6.14. The summed E-state index contributed by atoms with van der Waals surface area (Å²) in [6.45, 7) is 8.10. The zero-order valence-corrected chi connectivity index (χ0v) is 4.07. The highest BCUT2D eigenvalue weighted by Crippen LogP contribution is 1.47. The standard InChI is InChI=1S/C2H5NSi/c1-3-4-2/h4H2,2H3. The van der Waals surface area contributed by atoms with Crippen molar-refractivity contribution in [1.82, 2.24) is 0 Å². The highest BCUT2D eigenvalue weighted by molar-refractivity contribution is 6.37. The largest absolute Gasteiger partial charge is 0.417 e. The number of nitrogens with zero attached hydrogens (tertiary/aromatic N) is 1. The van der Waals surface area contributed by atoms with Crippen LogP contribution >= 0.6 is 0 Å². The number of hydrogen-bond donors (Lipinski definition) is 0. The van der Waals surface area contributed by atoms with Crippen molar-refractivity contribution in [2.45, 2.75) is 6.55 Å². The van der Waals surface area contributed by atoms with Crippen molar-refractivity contribution < 1.29 is 0 Å². The van der Waals surface area contributed by atoms with Gasteiger partial charge in [-0.1, -0.05) is 0 Å². The maximum atomic E-state index is 6.14. The van der Waals surface area contributed by atoms with E-state index in [0.29, 0.717) is 0 Å². The summed E-state index contributed by atoms with van der Waals surface area (Å²) in [5, 5.41) is 0. The third kappa shape index (κ3) is 1.71. The van der Waals surface area contributed by atoms with Gasteiger partial charge in [-0.15, -0.1) is 0 Å². The fourth-order valence-electron chi connectivity index (χ4n) is 0. The molecule has 0 aliphatic carbocycles. The highest BCUT2D eigenvalue weighted by Gasteiger charge is 1.59. The summed E-state index contributed by atoms with van der Waals surface area (Å²) in [5.41, 5.74) is 0. The van der Waals surface area contributed by atoms with Gasteiger partial charge in [0.15, 0.2) is 0 Å². The van der Waals surface area contributed by atoms with Gasteiger partial charge in [-0.2, -0.15) is 0 Å². The minimum Gasteiger partial charge on any atom is -0.417 e. The van der Waals surface area contributed by atoms with Gasteiger partial charge in [0.25, 0.3) is 0 Å². The molecule has 0 bridgehead atoms. The van der Waals surface area contributed by atoms with Gasteiger partial charge in [-0.25, -0.2) is 0 Å². The fourth-order valence-corrected chi connectivity index (χ4v) is 0. The number of hydrogen-bond acceptors (Lipinski definition) is 0. The van der Waals surface area contributed by atoms with E-state index >= 15 is 0 Å². The van der Waals surface area contributed by atoms with E-state index in [1.54, 1.807) is 0 Å². The third-order valence-corrected chi connectivity index (χ3v) is 0.474. The molecular formula is C2H5NSi. The molecular weight excluding hydrogens is 66.1 g/mol. The molecule has 2 heteroatoms. The first-order chi connectivity index (χ1) is 1.91. The van der Waals surface area contributed by atoms with Crippen molar-refractivity contribution in [3.05, 3.63) is 11.1 Å². The molecule has 0 aromatic carbocycles. The van der Waals surface area contributed by atoms with Gasteiger partial charge in [0.05, 0.1) is 0 Å². The van der Waals surface area contributed by atoms with Gasteiger partial charge in [0.2, 0.25) is 0 Å². The van der Waals surface area contributed by atoms with E-state index < -0.39 is 0 Å². The molecule has 0 aliphatic rings. The Bertz CT molecular complexity index is 35.8. The van der Waals surface area contributed by atoms with Crippen LogP contribution in [0, 0.1) is 6.57 Å². The van der Waals surface area contributed by atoms with Crippen molar-refractivity contribution in [2.24, 2.45) is 0 Å². The lowest BCUT2D eigenvalue weighted by atomic mass is 11.8. The maximum Gasteiger partial charge on any atom is 0.411 e. The Balaban J connectivity index is 2.43. The zero-order chi connectivity index (χ0) is 3.41. The topological polar surface area (TPSA) is 4.36 Å². The van der Waals surface area contributed by atoms with E-state index in [9.17, 15) is 0 Å². The predicted octanol–water partition coefficient (Wildman–Crippen LogP) is 0.0376. The average Bonchev–Trinajstić information content (AvgIpc) is 1.37. The van der Waals surface area contributed by atoms with E-state index in [0.717, 1.165) is 0 Å². The van der Waals surface area contributed by atoms with E-state index in [1.807, 2.05) is 6.55 Å². The number of rotatable bonds is 0. The first kappa shape index (κ1) is 3.71. The molecule has 0 N–H and O–H groups in total. The Labute approximate surface area is 28.4 Å². The SMILES string of the molecule is [C-]#[N+][SiH2]C. The molecule has 0 rings (SSSR count). The lowest BCUT2D eigenvalue weighted by molar-refractivity contribution is 2.24. The molecule has 0 saturated carbocycles. The van der Waals surface area contributed by atoms with Crippen molar-refractivity contribution in [3.63, 3.8) is 0 Å². The van der Waals surface area contributed by atoms with Gasteiger partial charge in [-0.05, 0) is 6.55 Å². The molecule has 0 saturated heterocycles. The van der Waals surface area contributed by atoms with Crippen LogP contribution in [0.2, 0.25) is 6.55 Å². The summed E-state index contributed by atoms with van der Waals surface area (Å²) < 4.78 is 3.12. The minimum atomic E-state index is -0.284. The highest BCUT2D eigenvalue weighted by atomic mass is 28.2. The van der Waals surface area contributed by atoms with E-state index in [2.05, 4.69) is 4.51 Å². The molecule has 0 heterocycles. The van der Waals surface area contributed by atoms with Gasteiger partial charge in [0, 0.05) is 0 Å². The van der Waals surface area contributed by atoms with Crippen LogP contribution in [-0.4, -0.2) is 9.68 Å². The molecule has 0 aromatic rings. The van der Waals surface area contributed by atoms with Crippen LogP contribution in [0.1, 0.15) is 0 Å². The Hall–Kier alpha value is -0.293. The van der Waals surface area contributed by atoms with Crippen LogP contribution in [0.3, 0.4) is 0 Å². The summed E-state index contributed by atoms with van der Waals surface area (Å²) >= 11 is 0. The van der Waals surface area contributed by atoms with E-state index in [4.69, 9.17) is 6.57 Å². The summed E-state index contributed by atoms with van der Waals surface area (Å²) in [5.74, 6) is 0. The van der Waals surface area contributed by atoms with E-state index in [-0.39, 0.29) is 9.68 Å². The van der Waals surface area contributed by atoms with Crippen LogP contribution in [0.5, 0.6) is 0 Å². The van der Waals surface area contributed by atoms with Crippen LogP contribution < -0.4 is 0 Å². The average molecular weight is 71.2 g/mol. The molecule has 22 valence electrons. The summed E-state index contributed by atoms with van der Waals surface area (Å²) in [6.07, 6.45) is 0. The van der Waals surface area contributed by atoms with E-state index in [1.165, 1.54) is 0 Å². The van der Waals surface area contributed by atoms with Crippen LogP contribution in [0.4, 0.5) is 0 Å². The molecule has 0 aliphatic heterocycles. The Morgan fingerprint density at radius 2 is 2.25 bits per heavy atom. The molecule has 0 aromatic heterocycles. The monoisotopic (exact) mass is 71.0 g/mol. The molecule has 0 amide bonds. The predicted molar refractivity (Wildman–Crippen MR) is 21.0 cm³/mol. The minimum absolute atomic E-state index is 0.284. The van der Waals surface area contributed by atoms with Gasteiger partial charge in [-0.3, -0.25) is 6.57 Å². The molecule has 1 nitrogen and oxygen atoms in total. The fraction of sp³-hybridized carbons (Fsp3) is 0.500. The van der Waals surface area contributed by atoms with Crippen LogP contribution in [0.15, 0.2) is 0 Å². The lowest BCUT2D eigenvalue weighted by Crippen LogP contribution is -1.55. The van der Waals surface area contributed by atoms with Gasteiger partial charge < -0.3 is 4.51 Å². The molecule has 0 atom stereocenters. The Kier molecular flexibility index (Phi) is 2.51. The first-order valence-corrected chi connectivity index (χ1v) is 3.29. The molecule has 0 unspecified atom stereocenters.